The largest absolute Gasteiger partial charge is 0.481 e. The van der Waals surface area contributed by atoms with Crippen LogP contribution in [0.2, 0.25) is 0 Å². The van der Waals surface area contributed by atoms with Crippen molar-refractivity contribution in [3.63, 3.8) is 0 Å². The van der Waals surface area contributed by atoms with Crippen molar-refractivity contribution in [1.29, 1.82) is 0 Å². The predicted octanol–water partition coefficient (Wildman–Crippen LogP) is 4.01. The minimum absolute atomic E-state index is 0.0859. The van der Waals surface area contributed by atoms with Gasteiger partial charge in [-0.15, -0.1) is 5.10 Å². The van der Waals surface area contributed by atoms with E-state index in [2.05, 4.69) is 20.2 Å². The number of pyridine rings is 1. The van der Waals surface area contributed by atoms with Crippen molar-refractivity contribution in [2.24, 2.45) is 5.41 Å². The molecule has 1 fully saturated rings. The summed E-state index contributed by atoms with van der Waals surface area (Å²) in [5.41, 5.74) is 1.74. The smallest absolute Gasteiger partial charge is 0.336 e. The second kappa shape index (κ2) is 7.98. The minimum atomic E-state index is -0.842. The Bertz CT molecular complexity index is 1120. The molecular weight excluding hydrogens is 403 g/mol. The van der Waals surface area contributed by atoms with E-state index >= 15 is 0 Å². The van der Waals surface area contributed by atoms with E-state index in [1.165, 1.54) is 6.07 Å². The summed E-state index contributed by atoms with van der Waals surface area (Å²) in [4.78, 5) is 19.7. The molecule has 0 aliphatic heterocycles. The fourth-order valence-electron chi connectivity index (χ4n) is 3.20. The van der Waals surface area contributed by atoms with Gasteiger partial charge in [-0.05, 0) is 56.9 Å². The van der Waals surface area contributed by atoms with Gasteiger partial charge in [0.1, 0.15) is 17.8 Å². The number of benzene rings is 1. The molecule has 0 bridgehead atoms. The number of aryl methyl sites for hydroxylation is 1. The molecule has 2 heterocycles. The van der Waals surface area contributed by atoms with Gasteiger partial charge in [-0.3, -0.25) is 9.89 Å². The summed E-state index contributed by atoms with van der Waals surface area (Å²) < 4.78 is 25.8. The first kappa shape index (κ1) is 20.8. The number of aromatic nitrogens is 4. The standard InChI is InChI=1S/C22H23FN4O4/c1-12(2)31-21-25-19(26-27-21)15-5-4-14(9-17(15)23)16-10-24-18(8-13(16)3)30-11-22(6-7-22)20(28)29/h4-5,8-10,12H,6-7,11H2,1-3H3,(H,28,29)(H,25,26,27). The Morgan fingerprint density at radius 2 is 2.06 bits per heavy atom. The highest BCUT2D eigenvalue weighted by Crippen LogP contribution is 2.46. The fraction of sp³-hybridized carbons (Fsp3) is 0.364. The van der Waals surface area contributed by atoms with Crippen molar-refractivity contribution in [3.8, 4) is 34.4 Å². The first-order chi connectivity index (χ1) is 14.8. The molecule has 1 aliphatic carbocycles. The van der Waals surface area contributed by atoms with Gasteiger partial charge in [0.15, 0.2) is 5.82 Å². The molecule has 2 aromatic heterocycles. The van der Waals surface area contributed by atoms with Gasteiger partial charge in [-0.25, -0.2) is 9.37 Å². The molecule has 8 nitrogen and oxygen atoms in total. The lowest BCUT2D eigenvalue weighted by Gasteiger charge is -2.13. The predicted molar refractivity (Wildman–Crippen MR) is 110 cm³/mol. The number of ether oxygens (including phenoxy) is 2. The molecule has 0 amide bonds. The van der Waals surface area contributed by atoms with Crippen LogP contribution in [0.3, 0.4) is 0 Å². The third-order valence-corrected chi connectivity index (χ3v) is 5.23. The summed E-state index contributed by atoms with van der Waals surface area (Å²) in [6, 6.07) is 6.70. The maximum absolute atomic E-state index is 14.8. The van der Waals surface area contributed by atoms with Crippen molar-refractivity contribution in [2.75, 3.05) is 6.61 Å². The lowest BCUT2D eigenvalue weighted by Crippen LogP contribution is -2.23. The van der Waals surface area contributed by atoms with Crippen LogP contribution in [0, 0.1) is 18.2 Å². The molecule has 0 atom stereocenters. The van der Waals surface area contributed by atoms with Gasteiger partial charge >= 0.3 is 12.0 Å². The minimum Gasteiger partial charge on any atom is -0.481 e. The molecule has 1 saturated carbocycles. The molecule has 1 aliphatic rings. The van der Waals surface area contributed by atoms with Crippen LogP contribution in [-0.2, 0) is 4.79 Å². The molecule has 2 N–H and O–H groups in total. The SMILES string of the molecule is Cc1cc(OCC2(C(=O)O)CC2)ncc1-c1ccc(-c2nc(OC(C)C)n[nH]2)c(F)c1. The molecule has 0 spiro atoms. The van der Waals surface area contributed by atoms with Crippen molar-refractivity contribution in [3.05, 3.63) is 41.8 Å². The average Bonchev–Trinajstić information content (AvgIpc) is 3.38. The molecule has 0 unspecified atom stereocenters. The third-order valence-electron chi connectivity index (χ3n) is 5.23. The Balaban J connectivity index is 1.51. The summed E-state index contributed by atoms with van der Waals surface area (Å²) in [5.74, 6) is -0.663. The summed E-state index contributed by atoms with van der Waals surface area (Å²) in [6.45, 7) is 5.67. The van der Waals surface area contributed by atoms with Crippen molar-refractivity contribution < 1.29 is 23.8 Å². The van der Waals surface area contributed by atoms with Crippen LogP contribution in [0.1, 0.15) is 32.3 Å². The number of nitrogens with one attached hydrogen (secondary N) is 1. The number of halogens is 1. The van der Waals surface area contributed by atoms with Crippen LogP contribution in [0.4, 0.5) is 4.39 Å². The lowest BCUT2D eigenvalue weighted by molar-refractivity contribution is -0.144. The molecule has 0 saturated heterocycles. The molecule has 9 heteroatoms. The van der Waals surface area contributed by atoms with Crippen molar-refractivity contribution >= 4 is 5.97 Å². The molecule has 162 valence electrons. The van der Waals surface area contributed by atoms with Gasteiger partial charge in [-0.2, -0.15) is 4.98 Å². The van der Waals surface area contributed by atoms with E-state index < -0.39 is 17.2 Å². The van der Waals surface area contributed by atoms with Crippen LogP contribution < -0.4 is 9.47 Å². The number of nitrogens with zero attached hydrogens (tertiary/aromatic N) is 3. The second-order valence-corrected chi connectivity index (χ2v) is 8.04. The van der Waals surface area contributed by atoms with Crippen LogP contribution >= 0.6 is 0 Å². The quantitative estimate of drug-likeness (QED) is 0.560. The van der Waals surface area contributed by atoms with Crippen molar-refractivity contribution in [1.82, 2.24) is 20.2 Å². The Hall–Kier alpha value is -3.49. The first-order valence-corrected chi connectivity index (χ1v) is 9.99. The highest BCUT2D eigenvalue weighted by Gasteiger charge is 2.51. The van der Waals surface area contributed by atoms with E-state index in [9.17, 15) is 14.3 Å². The Morgan fingerprint density at radius 3 is 2.68 bits per heavy atom. The zero-order valence-electron chi connectivity index (χ0n) is 17.5. The average molecular weight is 426 g/mol. The van der Waals surface area contributed by atoms with Crippen molar-refractivity contribution in [2.45, 2.75) is 39.7 Å². The summed E-state index contributed by atoms with van der Waals surface area (Å²) >= 11 is 0. The van der Waals surface area contributed by atoms with Gasteiger partial charge in [0.25, 0.3) is 0 Å². The topological polar surface area (TPSA) is 110 Å². The fourth-order valence-corrected chi connectivity index (χ4v) is 3.20. The number of aliphatic carboxylic acids is 1. The van der Waals surface area contributed by atoms with E-state index in [0.717, 1.165) is 11.1 Å². The maximum atomic E-state index is 14.8. The zero-order valence-corrected chi connectivity index (χ0v) is 17.5. The van der Waals surface area contributed by atoms with E-state index in [0.29, 0.717) is 24.3 Å². The van der Waals surface area contributed by atoms with Gasteiger partial charge < -0.3 is 14.6 Å². The molecule has 31 heavy (non-hydrogen) atoms. The Kier molecular flexibility index (Phi) is 5.34. The molecule has 0 radical (unpaired) electrons. The van der Waals surface area contributed by atoms with Crippen LogP contribution in [0.15, 0.2) is 30.5 Å². The zero-order chi connectivity index (χ0) is 22.2. The number of carbonyl (C=O) groups is 1. The van der Waals surface area contributed by atoms with Gasteiger partial charge in [-0.1, -0.05) is 6.07 Å². The highest BCUT2D eigenvalue weighted by atomic mass is 19.1. The van der Waals surface area contributed by atoms with Crippen LogP contribution in [-0.4, -0.2) is 44.0 Å². The van der Waals surface area contributed by atoms with E-state index in [1.807, 2.05) is 20.8 Å². The number of hydrogen-bond acceptors (Lipinski definition) is 6. The second-order valence-electron chi connectivity index (χ2n) is 8.04. The van der Waals surface area contributed by atoms with E-state index in [-0.39, 0.29) is 30.1 Å². The van der Waals surface area contributed by atoms with Crippen LogP contribution in [0.25, 0.3) is 22.5 Å². The number of aromatic amines is 1. The Morgan fingerprint density at radius 1 is 1.29 bits per heavy atom. The molecule has 3 aromatic rings. The highest BCUT2D eigenvalue weighted by molar-refractivity contribution is 5.78. The number of H-pyrrole nitrogens is 1. The number of rotatable bonds is 8. The Labute approximate surface area is 178 Å². The van der Waals surface area contributed by atoms with E-state index in [4.69, 9.17) is 9.47 Å². The van der Waals surface area contributed by atoms with E-state index in [1.54, 1.807) is 24.4 Å². The number of hydrogen-bond donors (Lipinski definition) is 2. The maximum Gasteiger partial charge on any atom is 0.336 e. The lowest BCUT2D eigenvalue weighted by atomic mass is 10.0. The number of carboxylic acid groups (broad SMARTS) is 1. The summed E-state index contributed by atoms with van der Waals surface area (Å²) in [5, 5.41) is 15.9. The first-order valence-electron chi connectivity index (χ1n) is 9.99. The van der Waals surface area contributed by atoms with Crippen LogP contribution in [0.5, 0.6) is 11.9 Å². The van der Waals surface area contributed by atoms with Gasteiger partial charge in [0, 0.05) is 17.8 Å². The van der Waals surface area contributed by atoms with Gasteiger partial charge in [0.2, 0.25) is 5.88 Å². The molecular formula is C22H23FN4O4. The molecule has 4 rings (SSSR count). The normalized spacial score (nSPS) is 14.5. The monoisotopic (exact) mass is 426 g/mol. The third kappa shape index (κ3) is 4.35. The van der Waals surface area contributed by atoms with Gasteiger partial charge in [0.05, 0.1) is 11.7 Å². The summed E-state index contributed by atoms with van der Waals surface area (Å²) in [7, 11) is 0. The summed E-state index contributed by atoms with van der Waals surface area (Å²) in [6.07, 6.45) is 2.74. The molecule has 1 aromatic carbocycles. The number of carboxylic acids is 1.